The number of alkyl halides is 2. The molecule has 4 atom stereocenters. The molecule has 0 aromatic rings. The SMILES string of the molecule is O=C1OC(=O)C2(F)C1C1C=CC2(F)C1. The Kier molecular flexibility index (Phi) is 1.09. The summed E-state index contributed by atoms with van der Waals surface area (Å²) in [6.45, 7) is 0. The fourth-order valence-electron chi connectivity index (χ4n) is 2.67. The van der Waals surface area contributed by atoms with Crippen LogP contribution in [-0.4, -0.2) is 23.3 Å². The number of rotatable bonds is 0. The molecule has 0 N–H and O–H groups in total. The molecule has 4 unspecified atom stereocenters. The third-order valence-corrected chi connectivity index (χ3v) is 3.35. The average Bonchev–Trinajstić information content (AvgIpc) is 2.63. The smallest absolute Gasteiger partial charge is 0.356 e. The van der Waals surface area contributed by atoms with E-state index in [1.807, 2.05) is 0 Å². The Bertz CT molecular complexity index is 392. The highest BCUT2D eigenvalue weighted by Gasteiger charge is 2.78. The summed E-state index contributed by atoms with van der Waals surface area (Å²) in [5.74, 6) is -4.12. The molecule has 3 aliphatic rings. The van der Waals surface area contributed by atoms with Crippen LogP contribution in [0.15, 0.2) is 12.2 Å². The Balaban J connectivity index is 2.23. The Hall–Kier alpha value is -1.26. The lowest BCUT2D eigenvalue weighted by Crippen LogP contribution is -2.50. The van der Waals surface area contributed by atoms with E-state index in [4.69, 9.17) is 0 Å². The second-order valence-electron chi connectivity index (χ2n) is 3.99. The summed E-state index contributed by atoms with van der Waals surface area (Å²) in [6, 6.07) is 0. The molecule has 3 rings (SSSR count). The quantitative estimate of drug-likeness (QED) is 0.328. The van der Waals surface area contributed by atoms with E-state index in [0.29, 0.717) is 0 Å². The number of cyclic esters (lactones) is 2. The molecule has 3 nitrogen and oxygen atoms in total. The van der Waals surface area contributed by atoms with Gasteiger partial charge in [-0.3, -0.25) is 4.79 Å². The van der Waals surface area contributed by atoms with Gasteiger partial charge in [-0.15, -0.1) is 0 Å². The highest BCUT2D eigenvalue weighted by molar-refractivity contribution is 6.04. The fraction of sp³-hybridized carbons (Fsp3) is 0.556. The van der Waals surface area contributed by atoms with Crippen LogP contribution in [0.25, 0.3) is 0 Å². The molecular formula is C9H6F2O3. The minimum absolute atomic E-state index is 0.130. The maximum absolute atomic E-state index is 14.1. The van der Waals surface area contributed by atoms with E-state index >= 15 is 0 Å². The van der Waals surface area contributed by atoms with Crippen LogP contribution in [0.4, 0.5) is 8.78 Å². The third-order valence-electron chi connectivity index (χ3n) is 3.35. The molecule has 14 heavy (non-hydrogen) atoms. The first-order valence-corrected chi connectivity index (χ1v) is 4.32. The Morgan fingerprint density at radius 1 is 1.43 bits per heavy atom. The lowest BCUT2D eigenvalue weighted by atomic mass is 9.81. The number of fused-ring (bicyclic) bond motifs is 5. The predicted molar refractivity (Wildman–Crippen MR) is 39.5 cm³/mol. The normalized spacial score (nSPS) is 53.9. The number of carbonyl (C=O) groups excluding carboxylic acids is 2. The zero-order valence-electron chi connectivity index (χ0n) is 7.00. The minimum atomic E-state index is -2.77. The van der Waals surface area contributed by atoms with Gasteiger partial charge >= 0.3 is 11.9 Å². The first kappa shape index (κ1) is 8.08. The average molecular weight is 200 g/mol. The van der Waals surface area contributed by atoms with Crippen LogP contribution < -0.4 is 0 Å². The van der Waals surface area contributed by atoms with Gasteiger partial charge in [0.15, 0.2) is 5.67 Å². The molecule has 2 fully saturated rings. The van der Waals surface area contributed by atoms with Gasteiger partial charge in [-0.2, -0.15) is 0 Å². The Morgan fingerprint density at radius 2 is 2.14 bits per heavy atom. The molecule has 0 aromatic carbocycles. The van der Waals surface area contributed by atoms with Crippen molar-refractivity contribution >= 4 is 11.9 Å². The number of ether oxygens (including phenoxy) is 1. The number of hydrogen-bond donors (Lipinski definition) is 0. The van der Waals surface area contributed by atoms with Crippen molar-refractivity contribution in [2.75, 3.05) is 0 Å². The summed E-state index contributed by atoms with van der Waals surface area (Å²) in [6.07, 6.45) is 2.35. The molecule has 0 radical (unpaired) electrons. The summed E-state index contributed by atoms with van der Waals surface area (Å²) < 4.78 is 32.2. The molecule has 5 heteroatoms. The number of halogens is 2. The molecule has 2 bridgehead atoms. The van der Waals surface area contributed by atoms with Crippen LogP contribution in [0, 0.1) is 11.8 Å². The lowest BCUT2D eigenvalue weighted by molar-refractivity contribution is -0.159. The molecule has 2 aliphatic carbocycles. The van der Waals surface area contributed by atoms with Crippen molar-refractivity contribution < 1.29 is 23.1 Å². The fourth-order valence-corrected chi connectivity index (χ4v) is 2.67. The standard InChI is InChI=1S/C9H6F2O3/c10-8-2-1-4(3-8)5-6(12)14-7(13)9(5,8)11/h1-2,4-5H,3H2. The van der Waals surface area contributed by atoms with E-state index in [1.165, 1.54) is 6.08 Å². The van der Waals surface area contributed by atoms with Crippen molar-refractivity contribution in [1.29, 1.82) is 0 Å². The summed E-state index contributed by atoms with van der Waals surface area (Å²) in [5.41, 5.74) is -5.12. The van der Waals surface area contributed by atoms with E-state index in [2.05, 4.69) is 4.74 Å². The first-order valence-electron chi connectivity index (χ1n) is 4.32. The molecule has 1 saturated carbocycles. The van der Waals surface area contributed by atoms with Gasteiger partial charge in [0.25, 0.3) is 5.67 Å². The Labute approximate surface area is 77.7 Å². The zero-order chi connectivity index (χ0) is 10.1. The van der Waals surface area contributed by atoms with Gasteiger partial charge in [-0.1, -0.05) is 6.08 Å². The summed E-state index contributed by atoms with van der Waals surface area (Å²) in [7, 11) is 0. The number of hydrogen-bond acceptors (Lipinski definition) is 3. The minimum Gasteiger partial charge on any atom is -0.390 e. The number of esters is 2. The second-order valence-corrected chi connectivity index (χ2v) is 3.99. The molecular weight excluding hydrogens is 194 g/mol. The van der Waals surface area contributed by atoms with Crippen LogP contribution in [0.1, 0.15) is 6.42 Å². The zero-order valence-corrected chi connectivity index (χ0v) is 7.00. The van der Waals surface area contributed by atoms with Crippen molar-refractivity contribution in [2.45, 2.75) is 17.8 Å². The molecule has 1 saturated heterocycles. The first-order chi connectivity index (χ1) is 6.49. The molecule has 0 aromatic heterocycles. The van der Waals surface area contributed by atoms with Crippen LogP contribution in [0.5, 0.6) is 0 Å². The summed E-state index contributed by atoms with van der Waals surface area (Å²) in [4.78, 5) is 22.2. The maximum Gasteiger partial charge on any atom is 0.356 e. The lowest BCUT2D eigenvalue weighted by Gasteiger charge is -2.26. The molecule has 1 aliphatic heterocycles. The van der Waals surface area contributed by atoms with Gasteiger partial charge in [0.2, 0.25) is 0 Å². The van der Waals surface area contributed by atoms with Crippen molar-refractivity contribution in [2.24, 2.45) is 11.8 Å². The summed E-state index contributed by atoms with van der Waals surface area (Å²) in [5, 5.41) is 0. The monoisotopic (exact) mass is 200 g/mol. The van der Waals surface area contributed by atoms with Crippen molar-refractivity contribution in [3.05, 3.63) is 12.2 Å². The van der Waals surface area contributed by atoms with E-state index < -0.39 is 35.1 Å². The topological polar surface area (TPSA) is 43.4 Å². The van der Waals surface area contributed by atoms with Gasteiger partial charge in [0, 0.05) is 0 Å². The largest absolute Gasteiger partial charge is 0.390 e. The molecule has 0 spiro atoms. The van der Waals surface area contributed by atoms with Gasteiger partial charge in [0.05, 0.1) is 0 Å². The van der Waals surface area contributed by atoms with Crippen LogP contribution in [0.2, 0.25) is 0 Å². The predicted octanol–water partition coefficient (Wildman–Crippen LogP) is 0.692. The van der Waals surface area contributed by atoms with Crippen LogP contribution in [0.3, 0.4) is 0 Å². The van der Waals surface area contributed by atoms with Gasteiger partial charge in [-0.25, -0.2) is 13.6 Å². The van der Waals surface area contributed by atoms with Crippen LogP contribution >= 0.6 is 0 Å². The highest BCUT2D eigenvalue weighted by atomic mass is 19.2. The second kappa shape index (κ2) is 1.89. The van der Waals surface area contributed by atoms with Crippen LogP contribution in [-0.2, 0) is 14.3 Å². The van der Waals surface area contributed by atoms with Crippen molar-refractivity contribution in [3.8, 4) is 0 Å². The molecule has 74 valence electrons. The van der Waals surface area contributed by atoms with Gasteiger partial charge < -0.3 is 4.74 Å². The van der Waals surface area contributed by atoms with E-state index in [0.717, 1.165) is 6.08 Å². The van der Waals surface area contributed by atoms with Gasteiger partial charge in [0.1, 0.15) is 5.92 Å². The third kappa shape index (κ3) is 0.558. The number of carbonyl (C=O) groups is 2. The highest BCUT2D eigenvalue weighted by Crippen LogP contribution is 2.60. The van der Waals surface area contributed by atoms with E-state index in [1.54, 1.807) is 0 Å². The molecule has 1 heterocycles. The Morgan fingerprint density at radius 3 is 2.79 bits per heavy atom. The van der Waals surface area contributed by atoms with Gasteiger partial charge in [-0.05, 0) is 18.4 Å². The summed E-state index contributed by atoms with van der Waals surface area (Å²) >= 11 is 0. The van der Waals surface area contributed by atoms with E-state index in [-0.39, 0.29) is 6.42 Å². The van der Waals surface area contributed by atoms with Crippen molar-refractivity contribution in [3.63, 3.8) is 0 Å². The maximum atomic E-state index is 14.1. The van der Waals surface area contributed by atoms with Crippen molar-refractivity contribution in [1.82, 2.24) is 0 Å². The molecule has 0 amide bonds. The number of allylic oxidation sites excluding steroid dienone is 2. The van der Waals surface area contributed by atoms with E-state index in [9.17, 15) is 18.4 Å².